The number of ether oxygens (including phenoxy) is 3. The van der Waals surface area contributed by atoms with Gasteiger partial charge in [-0.2, -0.15) is 0 Å². The normalized spacial score (nSPS) is 13.3. The summed E-state index contributed by atoms with van der Waals surface area (Å²) in [6, 6.07) is 7.46. The van der Waals surface area contributed by atoms with E-state index in [4.69, 9.17) is 14.2 Å². The van der Waals surface area contributed by atoms with Gasteiger partial charge in [-0.15, -0.1) is 0 Å². The summed E-state index contributed by atoms with van der Waals surface area (Å²) in [5.41, 5.74) is -0.743. The summed E-state index contributed by atoms with van der Waals surface area (Å²) in [5.74, 6) is 1.24. The van der Waals surface area contributed by atoms with Crippen molar-refractivity contribution in [3.63, 3.8) is 0 Å². The van der Waals surface area contributed by atoms with Gasteiger partial charge in [0.2, 0.25) is 0 Å². The van der Waals surface area contributed by atoms with E-state index in [9.17, 15) is 4.79 Å². The third-order valence-corrected chi connectivity index (χ3v) is 3.27. The molecule has 0 saturated heterocycles. The van der Waals surface area contributed by atoms with Crippen LogP contribution in [-0.2, 0) is 9.53 Å². The first-order valence-corrected chi connectivity index (χ1v) is 7.27. The molecule has 0 saturated carbocycles. The van der Waals surface area contributed by atoms with E-state index in [0.29, 0.717) is 26.2 Å². The standard InChI is InChI=1S/C16H25NO4/c1-5-19-13-8-7-9-14(12-13)21-11-10-16(3,17-4)15(18)20-6-2/h7-9,12,17H,5-6,10-11H2,1-4H3. The fourth-order valence-electron chi connectivity index (χ4n) is 1.81. The number of nitrogens with one attached hydrogen (secondary N) is 1. The summed E-state index contributed by atoms with van der Waals surface area (Å²) < 4.78 is 16.2. The van der Waals surface area contributed by atoms with Crippen molar-refractivity contribution < 1.29 is 19.0 Å². The van der Waals surface area contributed by atoms with Crippen LogP contribution in [-0.4, -0.2) is 38.4 Å². The van der Waals surface area contributed by atoms with Crippen molar-refractivity contribution in [2.45, 2.75) is 32.7 Å². The summed E-state index contributed by atoms with van der Waals surface area (Å²) in [5, 5.41) is 3.00. The Kier molecular flexibility index (Phi) is 7.02. The molecule has 1 rings (SSSR count). The van der Waals surface area contributed by atoms with Gasteiger partial charge in [-0.05, 0) is 40.0 Å². The number of hydrogen-bond acceptors (Lipinski definition) is 5. The van der Waals surface area contributed by atoms with Gasteiger partial charge in [-0.3, -0.25) is 4.79 Å². The minimum absolute atomic E-state index is 0.265. The molecule has 1 aromatic rings. The molecular weight excluding hydrogens is 270 g/mol. The van der Waals surface area contributed by atoms with Crippen molar-refractivity contribution in [1.82, 2.24) is 5.32 Å². The molecule has 0 aliphatic carbocycles. The molecule has 5 nitrogen and oxygen atoms in total. The number of benzene rings is 1. The van der Waals surface area contributed by atoms with Crippen molar-refractivity contribution in [2.75, 3.05) is 26.9 Å². The molecule has 1 aromatic carbocycles. The Balaban J connectivity index is 2.54. The Bertz CT molecular complexity index is 450. The second kappa shape index (κ2) is 8.52. The first-order valence-electron chi connectivity index (χ1n) is 7.27. The molecule has 0 bridgehead atoms. The predicted molar refractivity (Wildman–Crippen MR) is 81.8 cm³/mol. The molecule has 5 heteroatoms. The zero-order chi connectivity index (χ0) is 15.7. The molecule has 0 aliphatic rings. The summed E-state index contributed by atoms with van der Waals surface area (Å²) in [7, 11) is 1.74. The van der Waals surface area contributed by atoms with Crippen molar-refractivity contribution >= 4 is 5.97 Å². The molecule has 1 atom stereocenters. The third kappa shape index (κ3) is 5.27. The average molecular weight is 295 g/mol. The van der Waals surface area contributed by atoms with Gasteiger partial charge in [0.05, 0.1) is 19.8 Å². The lowest BCUT2D eigenvalue weighted by molar-refractivity contribution is -0.150. The van der Waals surface area contributed by atoms with Crippen LogP contribution in [0.25, 0.3) is 0 Å². The van der Waals surface area contributed by atoms with E-state index in [1.54, 1.807) is 14.0 Å². The van der Waals surface area contributed by atoms with Crippen LogP contribution in [0.3, 0.4) is 0 Å². The van der Waals surface area contributed by atoms with Crippen molar-refractivity contribution in [3.8, 4) is 11.5 Å². The highest BCUT2D eigenvalue weighted by molar-refractivity contribution is 5.80. The zero-order valence-corrected chi connectivity index (χ0v) is 13.3. The first kappa shape index (κ1) is 17.3. The molecule has 0 radical (unpaired) electrons. The fraction of sp³-hybridized carbons (Fsp3) is 0.562. The summed E-state index contributed by atoms with van der Waals surface area (Å²) in [6.45, 7) is 6.93. The van der Waals surface area contributed by atoms with Gasteiger partial charge in [-0.1, -0.05) is 6.07 Å². The van der Waals surface area contributed by atoms with E-state index in [0.717, 1.165) is 11.5 Å². The summed E-state index contributed by atoms with van der Waals surface area (Å²) in [4.78, 5) is 11.9. The van der Waals surface area contributed by atoms with E-state index in [-0.39, 0.29) is 5.97 Å². The minimum Gasteiger partial charge on any atom is -0.494 e. The molecular formula is C16H25NO4. The fourth-order valence-corrected chi connectivity index (χ4v) is 1.81. The molecule has 1 N–H and O–H groups in total. The topological polar surface area (TPSA) is 56.8 Å². The largest absolute Gasteiger partial charge is 0.494 e. The second-order valence-corrected chi connectivity index (χ2v) is 4.81. The maximum absolute atomic E-state index is 11.9. The maximum Gasteiger partial charge on any atom is 0.326 e. The van der Waals surface area contributed by atoms with Crippen molar-refractivity contribution in [3.05, 3.63) is 24.3 Å². The Morgan fingerprint density at radius 3 is 2.43 bits per heavy atom. The first-order chi connectivity index (χ1) is 10.1. The molecule has 0 spiro atoms. The van der Waals surface area contributed by atoms with E-state index in [2.05, 4.69) is 5.32 Å². The van der Waals surface area contributed by atoms with Crippen molar-refractivity contribution in [2.24, 2.45) is 0 Å². The number of carbonyl (C=O) groups is 1. The monoisotopic (exact) mass is 295 g/mol. The number of carbonyl (C=O) groups excluding carboxylic acids is 1. The zero-order valence-electron chi connectivity index (χ0n) is 13.3. The number of esters is 1. The Hall–Kier alpha value is -1.75. The molecule has 0 amide bonds. The smallest absolute Gasteiger partial charge is 0.326 e. The third-order valence-electron chi connectivity index (χ3n) is 3.27. The van der Waals surface area contributed by atoms with Gasteiger partial charge in [-0.25, -0.2) is 0 Å². The van der Waals surface area contributed by atoms with Gasteiger partial charge in [0, 0.05) is 12.5 Å². The quantitative estimate of drug-likeness (QED) is 0.709. The lowest BCUT2D eigenvalue weighted by Gasteiger charge is -2.26. The van der Waals surface area contributed by atoms with Gasteiger partial charge in [0.1, 0.15) is 17.0 Å². The highest BCUT2D eigenvalue weighted by atomic mass is 16.5. The lowest BCUT2D eigenvalue weighted by Crippen LogP contribution is -2.49. The van der Waals surface area contributed by atoms with Crippen LogP contribution in [0.5, 0.6) is 11.5 Å². The molecule has 1 unspecified atom stereocenters. The Morgan fingerprint density at radius 2 is 1.86 bits per heavy atom. The highest BCUT2D eigenvalue weighted by Gasteiger charge is 2.32. The van der Waals surface area contributed by atoms with Crippen LogP contribution in [0, 0.1) is 0 Å². The average Bonchev–Trinajstić information content (AvgIpc) is 2.48. The van der Waals surface area contributed by atoms with E-state index < -0.39 is 5.54 Å². The number of hydrogen-bond donors (Lipinski definition) is 1. The molecule has 0 heterocycles. The van der Waals surface area contributed by atoms with Crippen LogP contribution in [0.2, 0.25) is 0 Å². The number of rotatable bonds is 9. The Labute approximate surface area is 126 Å². The highest BCUT2D eigenvalue weighted by Crippen LogP contribution is 2.20. The number of likely N-dealkylation sites (N-methyl/N-ethyl adjacent to an activating group) is 1. The van der Waals surface area contributed by atoms with Gasteiger partial charge >= 0.3 is 5.97 Å². The van der Waals surface area contributed by atoms with Crippen LogP contribution in [0.4, 0.5) is 0 Å². The van der Waals surface area contributed by atoms with E-state index in [1.165, 1.54) is 0 Å². The van der Waals surface area contributed by atoms with Gasteiger partial charge in [0.15, 0.2) is 0 Å². The summed E-state index contributed by atoms with van der Waals surface area (Å²) >= 11 is 0. The van der Waals surface area contributed by atoms with Crippen LogP contribution < -0.4 is 14.8 Å². The van der Waals surface area contributed by atoms with E-state index >= 15 is 0 Å². The lowest BCUT2D eigenvalue weighted by atomic mass is 9.99. The van der Waals surface area contributed by atoms with Gasteiger partial charge < -0.3 is 19.5 Å². The van der Waals surface area contributed by atoms with Crippen LogP contribution >= 0.6 is 0 Å². The maximum atomic E-state index is 11.9. The molecule has 0 fully saturated rings. The Morgan fingerprint density at radius 1 is 1.19 bits per heavy atom. The summed E-state index contributed by atoms with van der Waals surface area (Å²) in [6.07, 6.45) is 0.515. The van der Waals surface area contributed by atoms with Gasteiger partial charge in [0.25, 0.3) is 0 Å². The van der Waals surface area contributed by atoms with E-state index in [1.807, 2.05) is 38.1 Å². The second-order valence-electron chi connectivity index (χ2n) is 4.81. The molecule has 0 aliphatic heterocycles. The van der Waals surface area contributed by atoms with Crippen LogP contribution in [0.15, 0.2) is 24.3 Å². The predicted octanol–water partition coefficient (Wildman–Crippen LogP) is 2.40. The SMILES string of the molecule is CCOC(=O)C(C)(CCOc1cccc(OCC)c1)NC. The van der Waals surface area contributed by atoms with Crippen molar-refractivity contribution in [1.29, 1.82) is 0 Å². The molecule has 21 heavy (non-hydrogen) atoms. The van der Waals surface area contributed by atoms with Crippen LogP contribution in [0.1, 0.15) is 27.2 Å². The molecule has 0 aromatic heterocycles. The minimum atomic E-state index is -0.743. The molecule has 118 valence electrons.